The summed E-state index contributed by atoms with van der Waals surface area (Å²) in [4.78, 5) is 2.62. The highest BCUT2D eigenvalue weighted by atomic mass is 15.1. The molecule has 0 N–H and O–H groups in total. The van der Waals surface area contributed by atoms with Gasteiger partial charge >= 0.3 is 0 Å². The topological polar surface area (TPSA) is 3.24 Å². The van der Waals surface area contributed by atoms with Crippen molar-refractivity contribution in [3.8, 4) is 0 Å². The molecule has 0 aromatic rings. The summed E-state index contributed by atoms with van der Waals surface area (Å²) in [5.74, 6) is 1.10. The van der Waals surface area contributed by atoms with E-state index in [2.05, 4.69) is 4.90 Å². The lowest BCUT2D eigenvalue weighted by Gasteiger charge is -2.12. The highest BCUT2D eigenvalue weighted by Gasteiger charge is 2.25. The predicted molar refractivity (Wildman–Crippen MR) is 49.7 cm³/mol. The third-order valence-electron chi connectivity index (χ3n) is 2.41. The molecule has 1 aliphatic carbocycles. The summed E-state index contributed by atoms with van der Waals surface area (Å²) in [6.07, 6.45) is 5.92. The van der Waals surface area contributed by atoms with E-state index in [-0.39, 0.29) is 0 Å². The molecule has 1 saturated carbocycles. The summed E-state index contributed by atoms with van der Waals surface area (Å²) in [5.41, 5.74) is 0. The predicted octanol–water partition coefficient (Wildman–Crippen LogP) is 2.52. The molecule has 0 aromatic heterocycles. The van der Waals surface area contributed by atoms with Crippen molar-refractivity contribution in [1.82, 2.24) is 4.90 Å². The number of rotatable bonds is 2. The van der Waals surface area contributed by atoms with Gasteiger partial charge in [-0.25, -0.2) is 0 Å². The molecule has 1 saturated heterocycles. The summed E-state index contributed by atoms with van der Waals surface area (Å²) < 4.78 is 0. The van der Waals surface area contributed by atoms with Crippen molar-refractivity contribution in [2.45, 2.75) is 39.5 Å². The number of hydrogen-bond donors (Lipinski definition) is 0. The van der Waals surface area contributed by atoms with Crippen LogP contribution in [0.4, 0.5) is 0 Å². The van der Waals surface area contributed by atoms with E-state index in [1.54, 1.807) is 0 Å². The zero-order valence-electron chi connectivity index (χ0n) is 7.97. The van der Waals surface area contributed by atoms with Crippen LogP contribution in [-0.4, -0.2) is 24.5 Å². The standard InChI is InChI=1S/C8H15N.C2H6/c1-2-6-9(5-1)7-8-3-4-8;1-2/h8H,1-7H2;1-2H3. The Balaban J connectivity index is 0.000000281. The Bertz CT molecular complexity index is 91.0. The molecule has 2 fully saturated rings. The maximum atomic E-state index is 2.62. The fraction of sp³-hybridized carbons (Fsp3) is 1.00. The molecular weight excluding hydrogens is 134 g/mol. The van der Waals surface area contributed by atoms with Crippen molar-refractivity contribution >= 4 is 0 Å². The molecule has 0 aromatic carbocycles. The highest BCUT2D eigenvalue weighted by Crippen LogP contribution is 2.30. The van der Waals surface area contributed by atoms with Gasteiger partial charge in [-0.3, -0.25) is 0 Å². The van der Waals surface area contributed by atoms with Crippen LogP contribution in [0.25, 0.3) is 0 Å². The van der Waals surface area contributed by atoms with Gasteiger partial charge in [-0.1, -0.05) is 13.8 Å². The number of nitrogens with zero attached hydrogens (tertiary/aromatic N) is 1. The summed E-state index contributed by atoms with van der Waals surface area (Å²) in [6, 6.07) is 0. The SMILES string of the molecule is C1CCN(CC2CC2)C1.CC. The first-order valence-corrected chi connectivity index (χ1v) is 5.17. The van der Waals surface area contributed by atoms with E-state index in [4.69, 9.17) is 0 Å². The van der Waals surface area contributed by atoms with Crippen molar-refractivity contribution < 1.29 is 0 Å². The summed E-state index contributed by atoms with van der Waals surface area (Å²) in [7, 11) is 0. The lowest BCUT2D eigenvalue weighted by atomic mass is 10.4. The lowest BCUT2D eigenvalue weighted by molar-refractivity contribution is 0.324. The fourth-order valence-corrected chi connectivity index (χ4v) is 1.63. The van der Waals surface area contributed by atoms with Crippen molar-refractivity contribution in [1.29, 1.82) is 0 Å². The minimum atomic E-state index is 1.10. The fourth-order valence-electron chi connectivity index (χ4n) is 1.63. The average molecular weight is 155 g/mol. The third-order valence-corrected chi connectivity index (χ3v) is 2.41. The summed E-state index contributed by atoms with van der Waals surface area (Å²) in [5, 5.41) is 0. The molecule has 0 radical (unpaired) electrons. The Labute approximate surface area is 70.8 Å². The molecule has 1 heteroatoms. The Kier molecular flexibility index (Phi) is 3.92. The number of likely N-dealkylation sites (tertiary alicyclic amines) is 1. The molecule has 0 spiro atoms. The Morgan fingerprint density at radius 3 is 2.09 bits per heavy atom. The second kappa shape index (κ2) is 4.76. The third kappa shape index (κ3) is 3.24. The van der Waals surface area contributed by atoms with Gasteiger partial charge in [0.05, 0.1) is 0 Å². The van der Waals surface area contributed by atoms with Crippen molar-refractivity contribution in [2.24, 2.45) is 5.92 Å². The van der Waals surface area contributed by atoms with Crippen LogP contribution in [0.3, 0.4) is 0 Å². The highest BCUT2D eigenvalue weighted by molar-refractivity contribution is 4.79. The van der Waals surface area contributed by atoms with Crippen LogP contribution < -0.4 is 0 Å². The van der Waals surface area contributed by atoms with Crippen molar-refractivity contribution in [2.75, 3.05) is 19.6 Å². The minimum Gasteiger partial charge on any atom is -0.303 e. The molecule has 0 unspecified atom stereocenters. The van der Waals surface area contributed by atoms with Crippen molar-refractivity contribution in [3.63, 3.8) is 0 Å². The maximum absolute atomic E-state index is 2.62. The zero-order chi connectivity index (χ0) is 8.10. The van der Waals surface area contributed by atoms with E-state index < -0.39 is 0 Å². The minimum absolute atomic E-state index is 1.10. The molecule has 2 aliphatic rings. The first kappa shape index (κ1) is 9.05. The van der Waals surface area contributed by atoms with Gasteiger partial charge in [-0.05, 0) is 44.7 Å². The maximum Gasteiger partial charge on any atom is 0.000966 e. The van der Waals surface area contributed by atoms with Crippen LogP contribution in [0.5, 0.6) is 0 Å². The van der Waals surface area contributed by atoms with Crippen LogP contribution in [0, 0.1) is 5.92 Å². The molecule has 11 heavy (non-hydrogen) atoms. The summed E-state index contributed by atoms with van der Waals surface area (Å²) in [6.45, 7) is 8.19. The lowest BCUT2D eigenvalue weighted by Crippen LogP contribution is -2.21. The van der Waals surface area contributed by atoms with Gasteiger partial charge in [0, 0.05) is 6.54 Å². The monoisotopic (exact) mass is 155 g/mol. The van der Waals surface area contributed by atoms with E-state index in [0.29, 0.717) is 0 Å². The van der Waals surface area contributed by atoms with E-state index >= 15 is 0 Å². The van der Waals surface area contributed by atoms with Crippen molar-refractivity contribution in [3.05, 3.63) is 0 Å². The second-order valence-electron chi connectivity index (χ2n) is 3.45. The first-order chi connectivity index (χ1) is 5.45. The molecule has 2 rings (SSSR count). The molecule has 0 amide bonds. The van der Waals surface area contributed by atoms with Gasteiger partial charge in [0.25, 0.3) is 0 Å². The smallest absolute Gasteiger partial charge is 0.000966 e. The molecule has 1 aliphatic heterocycles. The van der Waals surface area contributed by atoms with Crippen LogP contribution in [0.2, 0.25) is 0 Å². The van der Waals surface area contributed by atoms with E-state index in [1.807, 2.05) is 13.8 Å². The molecule has 0 atom stereocenters. The molecule has 1 heterocycles. The van der Waals surface area contributed by atoms with Crippen LogP contribution in [0.1, 0.15) is 39.5 Å². The van der Waals surface area contributed by atoms with Gasteiger partial charge in [0.1, 0.15) is 0 Å². The van der Waals surface area contributed by atoms with Gasteiger partial charge in [-0.15, -0.1) is 0 Å². The largest absolute Gasteiger partial charge is 0.303 e. The van der Waals surface area contributed by atoms with Gasteiger partial charge in [-0.2, -0.15) is 0 Å². The van der Waals surface area contributed by atoms with Crippen LogP contribution in [-0.2, 0) is 0 Å². The second-order valence-corrected chi connectivity index (χ2v) is 3.45. The van der Waals surface area contributed by atoms with Crippen LogP contribution in [0.15, 0.2) is 0 Å². The zero-order valence-corrected chi connectivity index (χ0v) is 7.97. The molecule has 66 valence electrons. The van der Waals surface area contributed by atoms with Gasteiger partial charge in [0.2, 0.25) is 0 Å². The summed E-state index contributed by atoms with van der Waals surface area (Å²) >= 11 is 0. The van der Waals surface area contributed by atoms with Gasteiger partial charge < -0.3 is 4.90 Å². The Morgan fingerprint density at radius 1 is 1.09 bits per heavy atom. The van der Waals surface area contributed by atoms with Crippen LogP contribution >= 0.6 is 0 Å². The Morgan fingerprint density at radius 2 is 1.64 bits per heavy atom. The molecular formula is C10H21N. The van der Waals surface area contributed by atoms with E-state index in [9.17, 15) is 0 Å². The molecule has 1 nitrogen and oxygen atoms in total. The normalized spacial score (nSPS) is 24.5. The van der Waals surface area contributed by atoms with E-state index in [1.165, 1.54) is 45.3 Å². The first-order valence-electron chi connectivity index (χ1n) is 5.17. The average Bonchev–Trinajstić information content (AvgIpc) is 2.69. The number of hydrogen-bond acceptors (Lipinski definition) is 1. The molecule has 0 bridgehead atoms. The van der Waals surface area contributed by atoms with Gasteiger partial charge in [0.15, 0.2) is 0 Å². The quantitative estimate of drug-likeness (QED) is 0.592. The Hall–Kier alpha value is -0.0400. The van der Waals surface area contributed by atoms with E-state index in [0.717, 1.165) is 5.92 Å².